The third-order valence-electron chi connectivity index (χ3n) is 6.07. The van der Waals surface area contributed by atoms with E-state index in [1.54, 1.807) is 0 Å². The molecular formula is C17H18O12S. The van der Waals surface area contributed by atoms with Crippen molar-refractivity contribution in [3.05, 3.63) is 12.7 Å². The molecule has 12 nitrogen and oxygen atoms in total. The van der Waals surface area contributed by atoms with Gasteiger partial charge in [0.1, 0.15) is 47.3 Å². The Balaban J connectivity index is 1.66. The largest absolute Gasteiger partial charge is 0.467 e. The van der Waals surface area contributed by atoms with Gasteiger partial charge in [-0.05, 0) is 0 Å². The number of fused-ring (bicyclic) bond motifs is 2. The highest BCUT2D eigenvalue weighted by Crippen LogP contribution is 2.82. The van der Waals surface area contributed by atoms with Gasteiger partial charge in [-0.25, -0.2) is 9.59 Å². The Morgan fingerprint density at radius 2 is 1.97 bits per heavy atom. The van der Waals surface area contributed by atoms with E-state index in [-0.39, 0.29) is 19.5 Å². The fourth-order valence-electron chi connectivity index (χ4n) is 5.08. The molecule has 4 fully saturated rings. The highest BCUT2D eigenvalue weighted by molar-refractivity contribution is 7.87. The van der Waals surface area contributed by atoms with Gasteiger partial charge in [0.05, 0.1) is 0 Å². The Kier molecular flexibility index (Phi) is 4.49. The van der Waals surface area contributed by atoms with Crippen LogP contribution in [0.15, 0.2) is 12.7 Å². The van der Waals surface area contributed by atoms with Crippen molar-refractivity contribution >= 4 is 34.5 Å². The molecule has 0 aromatic carbocycles. The van der Waals surface area contributed by atoms with Crippen LogP contribution in [0.25, 0.3) is 0 Å². The van der Waals surface area contributed by atoms with Crippen molar-refractivity contribution in [1.82, 2.24) is 0 Å². The summed E-state index contributed by atoms with van der Waals surface area (Å²) in [6, 6.07) is 0. The highest BCUT2D eigenvalue weighted by atomic mass is 32.2. The zero-order valence-electron chi connectivity index (χ0n) is 15.7. The van der Waals surface area contributed by atoms with Gasteiger partial charge < -0.3 is 23.7 Å². The summed E-state index contributed by atoms with van der Waals surface area (Å²) in [5.74, 6) is -2.46. The highest BCUT2D eigenvalue weighted by Gasteiger charge is 3.02. The summed E-state index contributed by atoms with van der Waals surface area (Å²) in [6.45, 7) is 3.05. The second kappa shape index (κ2) is 6.49. The number of ether oxygens (including phenoxy) is 5. The van der Waals surface area contributed by atoms with Gasteiger partial charge in [0, 0.05) is 19.4 Å². The molecule has 0 aromatic rings. The van der Waals surface area contributed by atoms with Crippen molar-refractivity contribution in [3.63, 3.8) is 0 Å². The molecule has 13 heteroatoms. The summed E-state index contributed by atoms with van der Waals surface area (Å²) in [4.78, 5) is 45.7. The van der Waals surface area contributed by atoms with Crippen LogP contribution in [0, 0.1) is 5.41 Å². The Morgan fingerprint density at radius 3 is 2.60 bits per heavy atom. The monoisotopic (exact) mass is 446 g/mol. The molecule has 164 valence electrons. The van der Waals surface area contributed by atoms with E-state index in [1.807, 2.05) is 0 Å². The molecule has 3 heterocycles. The predicted molar refractivity (Wildman–Crippen MR) is 90.9 cm³/mol. The summed E-state index contributed by atoms with van der Waals surface area (Å²) in [7, 11) is -3.98. The molecule has 3 aliphatic heterocycles. The lowest BCUT2D eigenvalue weighted by Crippen LogP contribution is -2.57. The normalized spacial score (nSPS) is 40.8. The van der Waals surface area contributed by atoms with E-state index < -0.39 is 75.3 Å². The van der Waals surface area contributed by atoms with Crippen molar-refractivity contribution in [2.45, 2.75) is 42.0 Å². The molecule has 30 heavy (non-hydrogen) atoms. The van der Waals surface area contributed by atoms with Crippen molar-refractivity contribution in [2.24, 2.45) is 5.41 Å². The maximum atomic E-state index is 12.4. The smallest absolute Gasteiger partial charge is 0.344 e. The van der Waals surface area contributed by atoms with E-state index in [1.165, 1.54) is 0 Å². The van der Waals surface area contributed by atoms with E-state index >= 15 is 0 Å². The second-order valence-electron chi connectivity index (χ2n) is 7.53. The summed E-state index contributed by atoms with van der Waals surface area (Å²) < 4.78 is 56.2. The minimum Gasteiger partial charge on any atom is -0.467 e. The Bertz CT molecular complexity index is 942. The van der Waals surface area contributed by atoms with Crippen LogP contribution in [0.4, 0.5) is 0 Å². The van der Waals surface area contributed by atoms with Gasteiger partial charge in [-0.3, -0.25) is 13.8 Å². The average molecular weight is 446 g/mol. The summed E-state index contributed by atoms with van der Waals surface area (Å²) in [5.41, 5.74) is -4.20. The summed E-state index contributed by atoms with van der Waals surface area (Å²) in [6.07, 6.45) is -1.52. The standard InChI is InChI=1S/C17H18O12S/c1-3-11(20)25-5-12(21)27-13-15(6-26-9(2)19)4-10-17(29-15)14(28-30(10,22)23)16(13,17)7-24-8-18/h3,8,10,13-14H,1,4-7H2,2H3. The minimum absolute atomic E-state index is 0.160. The number of carbonyl (C=O) groups is 4. The number of rotatable bonds is 9. The second-order valence-corrected chi connectivity index (χ2v) is 9.28. The first-order chi connectivity index (χ1) is 14.1. The van der Waals surface area contributed by atoms with E-state index in [0.717, 1.165) is 13.0 Å². The quantitative estimate of drug-likeness (QED) is 0.131. The Hall–Kier alpha value is -2.51. The van der Waals surface area contributed by atoms with Gasteiger partial charge >= 0.3 is 17.9 Å². The van der Waals surface area contributed by atoms with Crippen molar-refractivity contribution in [3.8, 4) is 0 Å². The lowest BCUT2D eigenvalue weighted by molar-refractivity contribution is -0.188. The van der Waals surface area contributed by atoms with Crippen LogP contribution in [-0.4, -0.2) is 81.3 Å². The number of esters is 3. The SMILES string of the molecule is C=CC(=O)OCC(=O)OC1C2(COC(C)=O)CC3C4(O2)C(OS3(=O)=O)C14COC=O. The summed E-state index contributed by atoms with van der Waals surface area (Å²) >= 11 is 0. The zero-order valence-corrected chi connectivity index (χ0v) is 16.5. The maximum Gasteiger partial charge on any atom is 0.344 e. The van der Waals surface area contributed by atoms with Crippen LogP contribution >= 0.6 is 0 Å². The zero-order chi connectivity index (χ0) is 21.9. The van der Waals surface area contributed by atoms with E-state index in [2.05, 4.69) is 11.3 Å². The molecule has 1 spiro atoms. The van der Waals surface area contributed by atoms with Gasteiger partial charge in [-0.2, -0.15) is 8.42 Å². The predicted octanol–water partition coefficient (Wildman–Crippen LogP) is -1.63. The Labute approximate surface area is 170 Å². The molecule has 6 unspecified atom stereocenters. The molecule has 1 aliphatic carbocycles. The van der Waals surface area contributed by atoms with Crippen LogP contribution in [0.3, 0.4) is 0 Å². The lowest BCUT2D eigenvalue weighted by Gasteiger charge is -2.39. The molecule has 4 aliphatic rings. The van der Waals surface area contributed by atoms with Crippen LogP contribution in [0.2, 0.25) is 0 Å². The first kappa shape index (κ1) is 20.8. The van der Waals surface area contributed by atoms with Crippen LogP contribution in [0.1, 0.15) is 13.3 Å². The third-order valence-corrected chi connectivity index (χ3v) is 7.74. The third kappa shape index (κ3) is 2.48. The van der Waals surface area contributed by atoms with Crippen LogP contribution in [0.5, 0.6) is 0 Å². The first-order valence-corrected chi connectivity index (χ1v) is 10.4. The maximum absolute atomic E-state index is 12.4. The number of hydrogen-bond acceptors (Lipinski definition) is 12. The van der Waals surface area contributed by atoms with Gasteiger partial charge in [-0.1, -0.05) is 6.58 Å². The fraction of sp³-hybridized carbons (Fsp3) is 0.647. The fourth-order valence-corrected chi connectivity index (χ4v) is 7.10. The van der Waals surface area contributed by atoms with Gasteiger partial charge in [0.2, 0.25) is 0 Å². The molecule has 2 bridgehead atoms. The topological polar surface area (TPSA) is 158 Å². The number of carbonyl (C=O) groups excluding carboxylic acids is 4. The average Bonchev–Trinajstić information content (AvgIpc) is 2.95. The molecule has 3 saturated heterocycles. The first-order valence-electron chi connectivity index (χ1n) is 8.89. The number of hydrogen-bond donors (Lipinski definition) is 0. The van der Waals surface area contributed by atoms with Gasteiger partial charge in [0.15, 0.2) is 6.61 Å². The molecule has 0 N–H and O–H groups in total. The lowest BCUT2D eigenvalue weighted by atomic mass is 9.77. The minimum atomic E-state index is -3.98. The molecule has 4 rings (SSSR count). The van der Waals surface area contributed by atoms with E-state index in [0.29, 0.717) is 0 Å². The van der Waals surface area contributed by atoms with Crippen LogP contribution < -0.4 is 0 Å². The van der Waals surface area contributed by atoms with Gasteiger partial charge in [0.25, 0.3) is 16.6 Å². The van der Waals surface area contributed by atoms with Crippen molar-refractivity contribution < 1.29 is 55.5 Å². The van der Waals surface area contributed by atoms with E-state index in [4.69, 9.17) is 23.1 Å². The molecule has 0 amide bonds. The van der Waals surface area contributed by atoms with Gasteiger partial charge in [-0.15, -0.1) is 0 Å². The summed E-state index contributed by atoms with van der Waals surface area (Å²) in [5, 5.41) is -1.10. The molecule has 1 saturated carbocycles. The molecule has 6 atom stereocenters. The molecule has 0 radical (unpaired) electrons. The van der Waals surface area contributed by atoms with Crippen molar-refractivity contribution in [2.75, 3.05) is 19.8 Å². The van der Waals surface area contributed by atoms with Crippen LogP contribution in [-0.2, 0) is 57.2 Å². The van der Waals surface area contributed by atoms with E-state index in [9.17, 15) is 27.6 Å². The molecule has 0 aromatic heterocycles. The van der Waals surface area contributed by atoms with Crippen molar-refractivity contribution in [1.29, 1.82) is 0 Å². The Morgan fingerprint density at radius 1 is 1.23 bits per heavy atom. The molecular weight excluding hydrogens is 428 g/mol.